The van der Waals surface area contributed by atoms with E-state index in [-0.39, 0.29) is 24.2 Å². The van der Waals surface area contributed by atoms with Gasteiger partial charge in [-0.25, -0.2) is 0 Å². The van der Waals surface area contributed by atoms with Crippen LogP contribution >= 0.6 is 0 Å². The smallest absolute Gasteiger partial charge is 0.168 e. The maximum absolute atomic E-state index is 10.9. The van der Waals surface area contributed by atoms with Crippen molar-refractivity contribution in [3.05, 3.63) is 35.9 Å². The van der Waals surface area contributed by atoms with Gasteiger partial charge in [-0.1, -0.05) is 78.3 Å². The molecular weight excluding hydrogens is 364 g/mol. The zero-order valence-corrected chi connectivity index (χ0v) is 20.5. The van der Waals surface area contributed by atoms with Crippen molar-refractivity contribution in [3.63, 3.8) is 0 Å². The molecule has 0 aliphatic heterocycles. The van der Waals surface area contributed by atoms with E-state index < -0.39 is 26.2 Å². The van der Waals surface area contributed by atoms with Crippen molar-refractivity contribution in [2.45, 2.75) is 83.8 Å². The second-order valence-electron chi connectivity index (χ2n) is 10.2. The normalized spacial score (nSPS) is 34.0. The summed E-state index contributed by atoms with van der Waals surface area (Å²) in [4.78, 5) is 0. The van der Waals surface area contributed by atoms with Gasteiger partial charge in [-0.3, -0.25) is 0 Å². The highest BCUT2D eigenvalue weighted by Gasteiger charge is 2.68. The zero-order chi connectivity index (χ0) is 21.2. The summed E-state index contributed by atoms with van der Waals surface area (Å²) in [5.41, 5.74) is -0.299. The fourth-order valence-corrected chi connectivity index (χ4v) is 6.97. The van der Waals surface area contributed by atoms with E-state index in [0.29, 0.717) is 5.92 Å². The fraction of sp³-hybridized carbons (Fsp3) is 0.750. The van der Waals surface area contributed by atoms with Gasteiger partial charge in [-0.05, 0) is 42.2 Å². The van der Waals surface area contributed by atoms with Crippen LogP contribution in [0.25, 0.3) is 0 Å². The number of hydrogen-bond donors (Lipinski definition) is 2. The molecule has 1 aliphatic rings. The van der Waals surface area contributed by atoms with E-state index in [1.54, 1.807) is 0 Å². The molecule has 28 heavy (non-hydrogen) atoms. The molecule has 4 atom stereocenters. The zero-order valence-electron chi connectivity index (χ0n) is 19.1. The first-order valence-corrected chi connectivity index (χ1v) is 12.3. The molecule has 0 saturated heterocycles. The molecule has 0 aromatic heterocycles. The van der Waals surface area contributed by atoms with E-state index in [1.165, 1.54) is 0 Å². The van der Waals surface area contributed by atoms with Crippen LogP contribution in [0.15, 0.2) is 30.3 Å². The minimum absolute atomic E-state index is 0.0354. The van der Waals surface area contributed by atoms with Crippen LogP contribution in [-0.4, -0.2) is 38.8 Å². The molecule has 3 nitrogen and oxygen atoms in total. The van der Waals surface area contributed by atoms with Gasteiger partial charge in [0, 0.05) is 10.8 Å². The first-order valence-electron chi connectivity index (χ1n) is 11.0. The molecule has 1 fully saturated rings. The summed E-state index contributed by atoms with van der Waals surface area (Å²) < 4.78 is 6.93. The molecule has 0 amide bonds. The van der Waals surface area contributed by atoms with Crippen LogP contribution in [0.1, 0.15) is 73.3 Å². The van der Waals surface area contributed by atoms with Gasteiger partial charge in [-0.2, -0.15) is 0 Å². The topological polar surface area (TPSA) is 49.7 Å². The van der Waals surface area contributed by atoms with Gasteiger partial charge in [0.2, 0.25) is 0 Å². The third-order valence-electron chi connectivity index (χ3n) is 8.31. The van der Waals surface area contributed by atoms with Crippen LogP contribution < -0.4 is 0 Å². The Morgan fingerprint density at radius 3 is 2.25 bits per heavy atom. The van der Waals surface area contributed by atoms with Gasteiger partial charge in [-0.15, -0.1) is 0 Å². The van der Waals surface area contributed by atoms with E-state index in [0.717, 1.165) is 24.8 Å². The first-order chi connectivity index (χ1) is 13.1. The highest BCUT2D eigenvalue weighted by atomic mass is 28.2. The molecule has 0 bridgehead atoms. The summed E-state index contributed by atoms with van der Waals surface area (Å²) in [5.74, 6) is 0.819. The average molecular weight is 407 g/mol. The van der Waals surface area contributed by atoms with Gasteiger partial charge in [0.25, 0.3) is 0 Å². The monoisotopic (exact) mass is 406 g/mol. The number of aliphatic hydroxyl groups excluding tert-OH is 2. The number of benzene rings is 1. The van der Waals surface area contributed by atoms with Crippen LogP contribution in [0.2, 0.25) is 5.04 Å². The SMILES string of the molecule is CCCC1(CO)C(CO)(c2ccccc2)CC(C)C1(C)O[SiH2]C(C)(C)C(C)C. The molecular formula is C24H42O3Si. The molecule has 160 valence electrons. The lowest BCUT2D eigenvalue weighted by molar-refractivity contribution is -0.116. The van der Waals surface area contributed by atoms with Crippen molar-refractivity contribution in [1.82, 2.24) is 0 Å². The van der Waals surface area contributed by atoms with Crippen molar-refractivity contribution >= 4 is 9.76 Å². The second kappa shape index (κ2) is 8.59. The Morgan fingerprint density at radius 1 is 1.18 bits per heavy atom. The van der Waals surface area contributed by atoms with Gasteiger partial charge in [0.1, 0.15) is 0 Å². The molecule has 1 saturated carbocycles. The minimum atomic E-state index is -0.850. The Labute approximate surface area is 174 Å². The molecule has 0 spiro atoms. The number of rotatable bonds is 9. The number of hydrogen-bond acceptors (Lipinski definition) is 3. The summed E-state index contributed by atoms with van der Waals surface area (Å²) in [6.07, 6.45) is 2.63. The molecule has 1 aliphatic carbocycles. The van der Waals surface area contributed by atoms with Crippen LogP contribution in [0.4, 0.5) is 0 Å². The van der Waals surface area contributed by atoms with E-state index in [2.05, 4.69) is 60.6 Å². The lowest BCUT2D eigenvalue weighted by atomic mass is 9.56. The van der Waals surface area contributed by atoms with Crippen LogP contribution in [0.3, 0.4) is 0 Å². The van der Waals surface area contributed by atoms with E-state index in [4.69, 9.17) is 4.43 Å². The van der Waals surface area contributed by atoms with Crippen LogP contribution in [0.5, 0.6) is 0 Å². The number of aliphatic hydroxyl groups is 2. The third-order valence-corrected chi connectivity index (χ3v) is 10.6. The van der Waals surface area contributed by atoms with Crippen molar-refractivity contribution in [2.75, 3.05) is 13.2 Å². The van der Waals surface area contributed by atoms with Crippen molar-refractivity contribution in [3.8, 4) is 0 Å². The highest BCUT2D eigenvalue weighted by molar-refractivity contribution is 6.32. The van der Waals surface area contributed by atoms with E-state index >= 15 is 0 Å². The van der Waals surface area contributed by atoms with Gasteiger partial charge < -0.3 is 14.6 Å². The third kappa shape index (κ3) is 3.51. The predicted octanol–water partition coefficient (Wildman–Crippen LogP) is 4.45. The summed E-state index contributed by atoms with van der Waals surface area (Å²) in [6, 6.07) is 10.3. The Bertz CT molecular complexity index is 632. The van der Waals surface area contributed by atoms with Gasteiger partial charge >= 0.3 is 0 Å². The molecule has 0 radical (unpaired) electrons. The summed E-state index contributed by atoms with van der Waals surface area (Å²) >= 11 is 0. The highest BCUT2D eigenvalue weighted by Crippen LogP contribution is 2.65. The molecule has 0 heterocycles. The van der Waals surface area contributed by atoms with Crippen LogP contribution in [-0.2, 0) is 9.84 Å². The summed E-state index contributed by atoms with van der Waals surface area (Å²) in [6.45, 7) is 15.9. The maximum atomic E-state index is 10.9. The molecule has 4 heteroatoms. The Morgan fingerprint density at radius 2 is 1.79 bits per heavy atom. The van der Waals surface area contributed by atoms with Crippen molar-refractivity contribution in [1.29, 1.82) is 0 Å². The lowest BCUT2D eigenvalue weighted by Gasteiger charge is -2.53. The summed E-state index contributed by atoms with van der Waals surface area (Å²) in [5, 5.41) is 21.9. The van der Waals surface area contributed by atoms with Crippen molar-refractivity contribution in [2.24, 2.45) is 17.3 Å². The van der Waals surface area contributed by atoms with E-state index in [9.17, 15) is 10.2 Å². The largest absolute Gasteiger partial charge is 0.417 e. The predicted molar refractivity (Wildman–Crippen MR) is 120 cm³/mol. The standard InChI is InChI=1S/C24H42O3Si/c1-8-14-24(17-26)22(7,27-28-21(5,6)18(2)3)19(4)15-23(24,16-25)20-12-10-9-11-13-20/h9-13,18-19,25-26H,8,14-17,28H2,1-7H3. The van der Waals surface area contributed by atoms with Gasteiger partial charge in [0.15, 0.2) is 9.76 Å². The molecule has 4 unspecified atom stereocenters. The molecule has 1 aromatic rings. The van der Waals surface area contributed by atoms with Crippen molar-refractivity contribution < 1.29 is 14.6 Å². The quantitative estimate of drug-likeness (QED) is 0.596. The lowest BCUT2D eigenvalue weighted by Crippen LogP contribution is -2.59. The summed E-state index contributed by atoms with van der Waals surface area (Å²) in [7, 11) is -0.850. The fourth-order valence-electron chi connectivity index (χ4n) is 5.40. The van der Waals surface area contributed by atoms with Gasteiger partial charge in [0.05, 0.1) is 18.8 Å². The molecule has 2 rings (SSSR count). The average Bonchev–Trinajstić information content (AvgIpc) is 2.87. The first kappa shape index (κ1) is 23.6. The second-order valence-corrected chi connectivity index (χ2v) is 12.6. The van der Waals surface area contributed by atoms with E-state index in [1.807, 2.05) is 18.2 Å². The van der Waals surface area contributed by atoms with Crippen LogP contribution in [0, 0.1) is 17.3 Å². The molecule has 1 aromatic carbocycles. The Balaban J connectivity index is 2.59. The molecule has 2 N–H and O–H groups in total. The Kier molecular flexibility index (Phi) is 7.24. The Hall–Kier alpha value is -0.683. The maximum Gasteiger partial charge on any atom is 0.168 e. The minimum Gasteiger partial charge on any atom is -0.417 e.